The van der Waals surface area contributed by atoms with Crippen LogP contribution in [0.2, 0.25) is 0 Å². The number of likely N-dealkylation sites (N-methyl/N-ethyl adjacent to an activating group) is 1. The Labute approximate surface area is 157 Å². The number of quaternary nitrogens is 1. The van der Waals surface area contributed by atoms with Crippen LogP contribution in [-0.2, 0) is 29.2 Å². The van der Waals surface area contributed by atoms with Gasteiger partial charge in [-0.15, -0.1) is 0 Å². The molecule has 0 aromatic rings. The zero-order valence-corrected chi connectivity index (χ0v) is 17.6. The van der Waals surface area contributed by atoms with Crippen LogP contribution in [-0.4, -0.2) is 75.5 Å². The third kappa shape index (κ3) is 10.7. The summed E-state index contributed by atoms with van der Waals surface area (Å²) in [4.78, 5) is 24.0. The number of esters is 2. The van der Waals surface area contributed by atoms with E-state index in [9.17, 15) is 22.6 Å². The van der Waals surface area contributed by atoms with Gasteiger partial charge in [-0.25, -0.2) is 8.42 Å². The van der Waals surface area contributed by atoms with Gasteiger partial charge in [0.05, 0.1) is 48.7 Å². The van der Waals surface area contributed by atoms with E-state index in [0.717, 1.165) is 0 Å². The Morgan fingerprint density at radius 2 is 1.73 bits per heavy atom. The summed E-state index contributed by atoms with van der Waals surface area (Å²) in [5.41, 5.74) is -0.819. The Kier molecular flexibility index (Phi) is 9.76. The molecule has 154 valence electrons. The number of hydrogen-bond donors (Lipinski definition) is 0. The van der Waals surface area contributed by atoms with Gasteiger partial charge >= 0.3 is 11.9 Å². The van der Waals surface area contributed by atoms with Crippen LogP contribution in [0.25, 0.3) is 0 Å². The van der Waals surface area contributed by atoms with Crippen molar-refractivity contribution in [3.8, 4) is 0 Å². The molecule has 0 heterocycles. The molecule has 0 N–H and O–H groups in total. The first-order chi connectivity index (χ1) is 11.7. The summed E-state index contributed by atoms with van der Waals surface area (Å²) in [5.74, 6) is -1.53. The standard InChI is InChI=1S/C17H33NO7S/c1-7-24-15(19)14(2)13-17(3,4)16(20)25-11-10-18(5,6)9-8-12-26(21,22)23/h14H,7-13H2,1-6H3. The van der Waals surface area contributed by atoms with Crippen molar-refractivity contribution in [1.29, 1.82) is 0 Å². The number of hydrogen-bond acceptors (Lipinski definition) is 7. The molecule has 0 aliphatic heterocycles. The highest BCUT2D eigenvalue weighted by Gasteiger charge is 2.34. The number of carbonyl (C=O) groups excluding carboxylic acids is 2. The lowest BCUT2D eigenvalue weighted by Gasteiger charge is -2.31. The van der Waals surface area contributed by atoms with Gasteiger partial charge in [-0.05, 0) is 27.2 Å². The minimum absolute atomic E-state index is 0.174. The number of rotatable bonds is 12. The predicted octanol–water partition coefficient (Wildman–Crippen LogP) is 1.16. The molecule has 9 heteroatoms. The first-order valence-electron chi connectivity index (χ1n) is 8.79. The minimum Gasteiger partial charge on any atom is -0.748 e. The fraction of sp³-hybridized carbons (Fsp3) is 0.882. The lowest BCUT2D eigenvalue weighted by Crippen LogP contribution is -2.44. The first kappa shape index (κ1) is 24.8. The molecule has 1 atom stereocenters. The number of nitrogens with zero attached hydrogens (tertiary/aromatic N) is 1. The van der Waals surface area contributed by atoms with Crippen molar-refractivity contribution in [3.63, 3.8) is 0 Å². The van der Waals surface area contributed by atoms with Crippen LogP contribution in [0.15, 0.2) is 0 Å². The van der Waals surface area contributed by atoms with E-state index >= 15 is 0 Å². The molecule has 0 saturated carbocycles. The number of ether oxygens (including phenoxy) is 2. The maximum Gasteiger partial charge on any atom is 0.311 e. The molecule has 0 aromatic heterocycles. The lowest BCUT2D eigenvalue weighted by molar-refractivity contribution is -0.890. The van der Waals surface area contributed by atoms with Gasteiger partial charge in [-0.2, -0.15) is 0 Å². The van der Waals surface area contributed by atoms with E-state index in [1.165, 1.54) is 0 Å². The van der Waals surface area contributed by atoms with E-state index in [1.54, 1.807) is 27.7 Å². The van der Waals surface area contributed by atoms with E-state index in [0.29, 0.717) is 30.6 Å². The Bertz CT molecular complexity index is 570. The third-order valence-corrected chi connectivity index (χ3v) is 4.93. The van der Waals surface area contributed by atoms with Gasteiger partial charge in [0.25, 0.3) is 0 Å². The van der Waals surface area contributed by atoms with Crippen LogP contribution in [0.3, 0.4) is 0 Å². The molecule has 0 aliphatic rings. The van der Waals surface area contributed by atoms with Crippen molar-refractivity contribution in [3.05, 3.63) is 0 Å². The maximum atomic E-state index is 12.3. The molecule has 0 bridgehead atoms. The molecule has 8 nitrogen and oxygen atoms in total. The summed E-state index contributed by atoms with van der Waals surface area (Å²) in [6.07, 6.45) is 0.583. The van der Waals surface area contributed by atoms with Gasteiger partial charge in [0.15, 0.2) is 0 Å². The third-order valence-electron chi connectivity index (χ3n) is 4.15. The van der Waals surface area contributed by atoms with E-state index in [1.807, 2.05) is 14.1 Å². The molecule has 0 amide bonds. The maximum absolute atomic E-state index is 12.3. The summed E-state index contributed by atoms with van der Waals surface area (Å²) in [7, 11) is -0.457. The van der Waals surface area contributed by atoms with Crippen molar-refractivity contribution >= 4 is 22.1 Å². The first-order valence-corrected chi connectivity index (χ1v) is 10.4. The molecule has 0 radical (unpaired) electrons. The van der Waals surface area contributed by atoms with Crippen molar-refractivity contribution in [2.45, 2.75) is 40.5 Å². The lowest BCUT2D eigenvalue weighted by atomic mass is 9.83. The average molecular weight is 396 g/mol. The van der Waals surface area contributed by atoms with Gasteiger partial charge in [-0.1, -0.05) is 6.92 Å². The van der Waals surface area contributed by atoms with E-state index < -0.39 is 33.2 Å². The SMILES string of the molecule is CCOC(=O)C(C)CC(C)(C)C(=O)OCC[N+](C)(C)CCCS(=O)(=O)[O-]. The van der Waals surface area contributed by atoms with Crippen LogP contribution >= 0.6 is 0 Å². The largest absolute Gasteiger partial charge is 0.748 e. The summed E-state index contributed by atoms with van der Waals surface area (Å²) in [6, 6.07) is 0. The molecule has 0 aromatic carbocycles. The van der Waals surface area contributed by atoms with E-state index in [-0.39, 0.29) is 19.0 Å². The monoisotopic (exact) mass is 395 g/mol. The predicted molar refractivity (Wildman–Crippen MR) is 96.2 cm³/mol. The van der Waals surface area contributed by atoms with Crippen LogP contribution in [0.5, 0.6) is 0 Å². The molecule has 26 heavy (non-hydrogen) atoms. The van der Waals surface area contributed by atoms with Crippen LogP contribution < -0.4 is 0 Å². The average Bonchev–Trinajstić information content (AvgIpc) is 2.44. The second-order valence-corrected chi connectivity index (χ2v) is 9.40. The van der Waals surface area contributed by atoms with Crippen LogP contribution in [0.4, 0.5) is 0 Å². The molecule has 0 saturated heterocycles. The van der Waals surface area contributed by atoms with Crippen LogP contribution in [0.1, 0.15) is 40.5 Å². The molecule has 0 aliphatic carbocycles. The van der Waals surface area contributed by atoms with Gasteiger partial charge in [0.1, 0.15) is 13.2 Å². The summed E-state index contributed by atoms with van der Waals surface area (Å²) >= 11 is 0. The van der Waals surface area contributed by atoms with Gasteiger partial charge in [0.2, 0.25) is 0 Å². The topological polar surface area (TPSA) is 110 Å². The highest BCUT2D eigenvalue weighted by Crippen LogP contribution is 2.27. The van der Waals surface area contributed by atoms with Gasteiger partial charge < -0.3 is 18.5 Å². The van der Waals surface area contributed by atoms with Crippen molar-refractivity contribution in [2.24, 2.45) is 11.3 Å². The fourth-order valence-electron chi connectivity index (χ4n) is 2.58. The van der Waals surface area contributed by atoms with Crippen LogP contribution in [0, 0.1) is 11.3 Å². The Morgan fingerprint density at radius 3 is 2.23 bits per heavy atom. The van der Waals surface area contributed by atoms with Gasteiger partial charge in [-0.3, -0.25) is 9.59 Å². The molecule has 1 unspecified atom stereocenters. The quantitative estimate of drug-likeness (QED) is 0.277. The molecule has 0 spiro atoms. The van der Waals surface area contributed by atoms with Gasteiger partial charge in [0, 0.05) is 12.2 Å². The summed E-state index contributed by atoms with van der Waals surface area (Å²) < 4.78 is 42.7. The zero-order chi connectivity index (χ0) is 20.6. The molecular weight excluding hydrogens is 362 g/mol. The fourth-order valence-corrected chi connectivity index (χ4v) is 3.06. The van der Waals surface area contributed by atoms with Crippen molar-refractivity contribution in [2.75, 3.05) is 46.2 Å². The highest BCUT2D eigenvalue weighted by atomic mass is 32.2. The van der Waals surface area contributed by atoms with E-state index in [2.05, 4.69) is 0 Å². The second-order valence-electron chi connectivity index (χ2n) is 7.88. The summed E-state index contributed by atoms with van der Waals surface area (Å²) in [5, 5.41) is 0. The molecular formula is C17H33NO7S. The molecule has 0 rings (SSSR count). The Hall–Kier alpha value is -1.19. The highest BCUT2D eigenvalue weighted by molar-refractivity contribution is 7.85. The Morgan fingerprint density at radius 1 is 1.15 bits per heavy atom. The van der Waals surface area contributed by atoms with Crippen molar-refractivity contribution in [1.82, 2.24) is 0 Å². The zero-order valence-electron chi connectivity index (χ0n) is 16.7. The van der Waals surface area contributed by atoms with E-state index in [4.69, 9.17) is 9.47 Å². The molecule has 0 fully saturated rings. The minimum atomic E-state index is -4.21. The summed E-state index contributed by atoms with van der Waals surface area (Å²) in [6.45, 7) is 8.36. The van der Waals surface area contributed by atoms with Crippen molar-refractivity contribution < 1.29 is 36.5 Å². The second kappa shape index (κ2) is 10.2. The smallest absolute Gasteiger partial charge is 0.311 e. The normalized spacial score (nSPS) is 14.0. The Balaban J connectivity index is 4.39. The number of carbonyl (C=O) groups is 2.